The molecule has 1 fully saturated rings. The number of benzene rings is 6. The summed E-state index contributed by atoms with van der Waals surface area (Å²) in [6, 6.07) is 59.1. The number of pyridine rings is 4. The second-order valence-corrected chi connectivity index (χ2v) is 31.5. The maximum atomic E-state index is 13.0. The van der Waals surface area contributed by atoms with E-state index in [4.69, 9.17) is 74.7 Å². The number of hydrogen-bond donors (Lipinski definition) is 3. The van der Waals surface area contributed by atoms with Crippen molar-refractivity contribution in [3.05, 3.63) is 227 Å². The first-order valence-corrected chi connectivity index (χ1v) is 38.0. The van der Waals surface area contributed by atoms with Crippen LogP contribution < -0.4 is 35.0 Å². The molecule has 0 unspecified atom stereocenters. The molecule has 0 aliphatic carbocycles. The van der Waals surface area contributed by atoms with Crippen molar-refractivity contribution >= 4 is 168 Å². The van der Waals surface area contributed by atoms with E-state index in [1.54, 1.807) is 92.7 Å². The molecule has 6 aromatic heterocycles. The van der Waals surface area contributed by atoms with E-state index < -0.39 is 19.7 Å². The number of aromatic nitrogens is 6. The molecule has 0 atom stereocenters. The van der Waals surface area contributed by atoms with Crippen molar-refractivity contribution in [2.45, 2.75) is 87.4 Å². The highest BCUT2D eigenvalue weighted by molar-refractivity contribution is 7.99. The number of amides is 2. The average Bonchev–Trinajstić information content (AvgIpc) is 1.65. The Hall–Kier alpha value is -8.42. The molecule has 1 aliphatic rings. The Morgan fingerprint density at radius 3 is 1.31 bits per heavy atom. The number of carbonyl (C=O) groups is 2. The van der Waals surface area contributed by atoms with Crippen molar-refractivity contribution in [3.8, 4) is 34.3 Å². The van der Waals surface area contributed by atoms with E-state index in [-0.39, 0.29) is 55.1 Å². The lowest BCUT2D eigenvalue weighted by molar-refractivity contribution is -0.115. The lowest BCUT2D eigenvalue weighted by Crippen LogP contribution is -2.41. The Balaban J connectivity index is 0.000000165. The Labute approximate surface area is 635 Å². The molecule has 0 radical (unpaired) electrons. The minimum Gasteiger partial charge on any atom is -0.497 e. The first-order chi connectivity index (χ1) is 49.0. The molecule has 7 heterocycles. The number of fused-ring (bicyclic) bond motifs is 2. The molecule has 2 N–H and O–H groups in total. The van der Waals surface area contributed by atoms with Crippen LogP contribution in [0.2, 0.25) is 20.6 Å². The van der Waals surface area contributed by atoms with Gasteiger partial charge < -0.3 is 38.9 Å². The first-order valence-electron chi connectivity index (χ1n) is 30.6. The van der Waals surface area contributed by atoms with Crippen molar-refractivity contribution in [2.24, 2.45) is 0 Å². The summed E-state index contributed by atoms with van der Waals surface area (Å²) >= 11 is 30.9. The maximum absolute atomic E-state index is 13.0. The first kappa shape index (κ1) is 80.3. The van der Waals surface area contributed by atoms with Gasteiger partial charge in [0.25, 0.3) is 0 Å². The topological polar surface area (TPSA) is 259 Å². The minimum atomic E-state index is -3.77. The van der Waals surface area contributed by atoms with Crippen molar-refractivity contribution < 1.29 is 54.7 Å². The van der Waals surface area contributed by atoms with E-state index in [9.17, 15) is 26.4 Å². The normalized spacial score (nSPS) is 12.6. The molecule has 31 heteroatoms. The Kier molecular flexibility index (Phi) is 28.7. The highest BCUT2D eigenvalue weighted by Crippen LogP contribution is 2.38. The Bertz CT molecular complexity index is 5080. The fourth-order valence-corrected chi connectivity index (χ4v) is 14.8. The van der Waals surface area contributed by atoms with Gasteiger partial charge in [-0.15, -0.1) is 12.6 Å². The number of rotatable bonds is 14. The van der Waals surface area contributed by atoms with Gasteiger partial charge in [0, 0.05) is 29.2 Å². The van der Waals surface area contributed by atoms with Gasteiger partial charge in [-0.1, -0.05) is 117 Å². The number of hydrogen-bond acceptors (Lipinski definition) is 22. The number of halogens is 4. The standard InChI is InChI=1S/C21H17N3O4S2.C15H19BN2O3S.C12H10ClNO3S.C12H10ClNOS.C7H8OS.C5H3Cl2N/c1-13(25)22-21-24-18-11-6-14(12-19(18)29-21)17-4-3-5-20(23-17)30(26,27)16-9-7-15(28-2)8-10-16;1-9(19)17-13-18-11-7-6-10(8-12(11)22-13)16-20-14(2,3)15(4,5)21-16;1-17-9-5-7-10(8-6-9)18(15,16)12-4-2-3-11(13)14-12;1-15-9-5-7-10(8-6-9)16-12-4-2-3-11(13)14-12;1-8-6-2-4-7(9)5-3-6;6-4-2-1-3-5(7)8-4/h3-12H,1-2H3,(H,22,24,25);6-8H,1-5H3,(H,17,18,19);2-8H,1H3;2-8H,1H3;2-5,9H,1H3;1-3H. The van der Waals surface area contributed by atoms with Crippen LogP contribution in [0.25, 0.3) is 31.7 Å². The monoisotopic (exact) mass is 1580 g/mol. The van der Waals surface area contributed by atoms with E-state index in [1.807, 2.05) is 125 Å². The fraction of sp³-hybridized carbons (Fsp3) is 0.167. The molecule has 2 amide bonds. The number of ether oxygens (including phenoxy) is 4. The van der Waals surface area contributed by atoms with E-state index in [1.165, 1.54) is 93.2 Å². The SMILES string of the molecule is CC(=O)Nc1nc2ccc(B3OC(C)(C)C(C)(C)O3)cc2s1.COc1ccc(S(=O)(=O)c2cccc(-c3ccc4nc(NC(C)=O)sc4c3)n2)cc1.COc1ccc(S(=O)(=O)c2cccc(Cl)n2)cc1.COc1ccc(S)cc1.COc1ccc(Sc2cccc(Cl)n2)cc1.Clc1cccc(Cl)n1. The van der Waals surface area contributed by atoms with E-state index in [0.29, 0.717) is 42.9 Å². The van der Waals surface area contributed by atoms with Crippen LogP contribution in [0.15, 0.2) is 241 Å². The third-order valence-electron chi connectivity index (χ3n) is 14.6. The van der Waals surface area contributed by atoms with Gasteiger partial charge in [-0.3, -0.25) is 9.59 Å². The molecule has 103 heavy (non-hydrogen) atoms. The average molecular weight is 1580 g/mol. The van der Waals surface area contributed by atoms with Crippen LogP contribution in [-0.4, -0.2) is 105 Å². The van der Waals surface area contributed by atoms with Crippen LogP contribution in [0.4, 0.5) is 10.3 Å². The summed E-state index contributed by atoms with van der Waals surface area (Å²) in [6.07, 6.45) is 0. The van der Waals surface area contributed by atoms with Crippen LogP contribution in [0.1, 0.15) is 41.5 Å². The van der Waals surface area contributed by atoms with Gasteiger partial charge in [0.05, 0.1) is 75.6 Å². The third-order valence-corrected chi connectivity index (χ3v) is 21.9. The van der Waals surface area contributed by atoms with Gasteiger partial charge >= 0.3 is 7.12 Å². The summed E-state index contributed by atoms with van der Waals surface area (Å²) in [7, 11) is -1.46. The van der Waals surface area contributed by atoms with Gasteiger partial charge in [-0.2, -0.15) is 0 Å². The van der Waals surface area contributed by atoms with Gasteiger partial charge in [0.2, 0.25) is 31.5 Å². The number of anilines is 2. The van der Waals surface area contributed by atoms with Crippen LogP contribution in [0.3, 0.4) is 0 Å². The van der Waals surface area contributed by atoms with Crippen molar-refractivity contribution in [2.75, 3.05) is 39.1 Å². The van der Waals surface area contributed by atoms with Crippen LogP contribution >= 0.6 is 93.5 Å². The van der Waals surface area contributed by atoms with Gasteiger partial charge in [0.1, 0.15) is 48.6 Å². The van der Waals surface area contributed by atoms with E-state index >= 15 is 0 Å². The second-order valence-electron chi connectivity index (χ2n) is 22.5. The molecule has 12 aromatic rings. The highest BCUT2D eigenvalue weighted by Gasteiger charge is 2.51. The Morgan fingerprint density at radius 1 is 0.476 bits per heavy atom. The second kappa shape index (κ2) is 36.8. The van der Waals surface area contributed by atoms with Gasteiger partial charge in [-0.05, 0) is 203 Å². The molecule has 1 aliphatic heterocycles. The van der Waals surface area contributed by atoms with Crippen LogP contribution in [0, 0.1) is 0 Å². The van der Waals surface area contributed by atoms with Gasteiger partial charge in [-0.25, -0.2) is 46.7 Å². The molecule has 0 saturated carbocycles. The van der Waals surface area contributed by atoms with Crippen molar-refractivity contribution in [1.29, 1.82) is 0 Å². The quantitative estimate of drug-likeness (QED) is 0.0519. The smallest absolute Gasteiger partial charge is 0.494 e. The van der Waals surface area contributed by atoms with E-state index in [2.05, 4.69) is 53.2 Å². The zero-order chi connectivity index (χ0) is 74.7. The maximum Gasteiger partial charge on any atom is 0.494 e. The van der Waals surface area contributed by atoms with Crippen LogP contribution in [0.5, 0.6) is 23.0 Å². The number of methoxy groups -OCH3 is 4. The summed E-state index contributed by atoms with van der Waals surface area (Å²) in [6.45, 7) is 11.0. The zero-order valence-corrected chi connectivity index (χ0v) is 64.8. The van der Waals surface area contributed by atoms with Crippen LogP contribution in [-0.2, 0) is 38.6 Å². The molecule has 6 aromatic carbocycles. The Morgan fingerprint density at radius 2 is 0.874 bits per heavy atom. The predicted molar refractivity (Wildman–Crippen MR) is 414 cm³/mol. The summed E-state index contributed by atoms with van der Waals surface area (Å²) in [5, 5.41) is 8.80. The molecule has 0 bridgehead atoms. The third kappa shape index (κ3) is 23.0. The van der Waals surface area contributed by atoms with Crippen molar-refractivity contribution in [3.63, 3.8) is 0 Å². The fourth-order valence-electron chi connectivity index (χ4n) is 8.75. The number of thiol groups is 1. The minimum absolute atomic E-state index is 0.0338. The predicted octanol–water partition coefficient (Wildman–Crippen LogP) is 17.6. The highest BCUT2D eigenvalue weighted by atomic mass is 35.5. The number of nitrogens with one attached hydrogen (secondary N) is 2. The summed E-state index contributed by atoms with van der Waals surface area (Å²) in [4.78, 5) is 49.6. The molecular formula is C72H67BCl4N8O12S6. The largest absolute Gasteiger partial charge is 0.497 e. The summed E-state index contributed by atoms with van der Waals surface area (Å²) in [5.41, 5.74) is 3.13. The molecule has 13 rings (SSSR count). The molecule has 534 valence electrons. The molecule has 0 spiro atoms. The molecule has 1 saturated heterocycles. The van der Waals surface area contributed by atoms with E-state index in [0.717, 1.165) is 57.8 Å². The molecular weight excluding hydrogens is 1510 g/mol. The number of thiazole rings is 2. The van der Waals surface area contributed by atoms with Gasteiger partial charge in [0.15, 0.2) is 20.3 Å². The van der Waals surface area contributed by atoms with Crippen molar-refractivity contribution in [1.82, 2.24) is 29.9 Å². The number of nitrogens with zero attached hydrogens (tertiary/aromatic N) is 6. The zero-order valence-electron chi connectivity index (χ0n) is 56.8. The number of carbonyl (C=O) groups excluding carboxylic acids is 2. The summed E-state index contributed by atoms with van der Waals surface area (Å²) < 4.78 is 84.5. The lowest BCUT2D eigenvalue weighted by atomic mass is 9.79. The number of sulfone groups is 2. The molecule has 20 nitrogen and oxygen atoms in total. The lowest BCUT2D eigenvalue weighted by Gasteiger charge is -2.32. The summed E-state index contributed by atoms with van der Waals surface area (Å²) in [5.74, 6) is 2.58.